The van der Waals surface area contributed by atoms with E-state index in [9.17, 15) is 0 Å². The Balaban J connectivity index is 2.37. The van der Waals surface area contributed by atoms with Crippen LogP contribution in [0.2, 0.25) is 0 Å². The van der Waals surface area contributed by atoms with Crippen molar-refractivity contribution in [1.29, 1.82) is 0 Å². The van der Waals surface area contributed by atoms with E-state index in [4.69, 9.17) is 5.73 Å². The average Bonchev–Trinajstić information content (AvgIpc) is 2.42. The van der Waals surface area contributed by atoms with Crippen molar-refractivity contribution in [3.05, 3.63) is 23.9 Å². The second-order valence-corrected chi connectivity index (χ2v) is 4.84. The van der Waals surface area contributed by atoms with Gasteiger partial charge in [0.05, 0.1) is 0 Å². The van der Waals surface area contributed by atoms with Gasteiger partial charge in [-0.3, -0.25) is 4.90 Å². The molecule has 19 heavy (non-hydrogen) atoms. The average molecular weight is 264 g/mol. The van der Waals surface area contributed by atoms with Gasteiger partial charge in [0.15, 0.2) is 0 Å². The maximum absolute atomic E-state index is 5.72. The van der Waals surface area contributed by atoms with E-state index in [2.05, 4.69) is 35.6 Å². The second-order valence-electron chi connectivity index (χ2n) is 4.84. The third-order valence-corrected chi connectivity index (χ3v) is 3.54. The molecule has 0 aromatic carbocycles. The zero-order valence-electron chi connectivity index (χ0n) is 12.6. The summed E-state index contributed by atoms with van der Waals surface area (Å²) in [7, 11) is 0. The van der Waals surface area contributed by atoms with Crippen molar-refractivity contribution in [2.24, 2.45) is 0 Å². The minimum atomic E-state index is 0.608. The maximum atomic E-state index is 5.72. The highest BCUT2D eigenvalue weighted by Gasteiger charge is 2.05. The Labute approximate surface area is 117 Å². The minimum Gasteiger partial charge on any atom is -0.384 e. The van der Waals surface area contributed by atoms with Gasteiger partial charge in [-0.15, -0.1) is 0 Å². The fourth-order valence-corrected chi connectivity index (χ4v) is 2.26. The normalized spacial score (nSPS) is 11.4. The Morgan fingerprint density at radius 1 is 1.05 bits per heavy atom. The molecule has 1 rings (SSSR count). The number of aromatic nitrogens is 1. The minimum absolute atomic E-state index is 0.608. The van der Waals surface area contributed by atoms with Crippen LogP contribution in [-0.4, -0.2) is 47.5 Å². The van der Waals surface area contributed by atoms with Crippen LogP contribution in [0, 0.1) is 0 Å². The molecule has 1 aromatic rings. The molecule has 0 radical (unpaired) electrons. The van der Waals surface area contributed by atoms with E-state index < -0.39 is 0 Å². The van der Waals surface area contributed by atoms with Gasteiger partial charge in [-0.1, -0.05) is 20.8 Å². The third kappa shape index (κ3) is 6.03. The molecule has 1 heterocycles. The fourth-order valence-electron chi connectivity index (χ4n) is 2.26. The van der Waals surface area contributed by atoms with E-state index >= 15 is 0 Å². The lowest BCUT2D eigenvalue weighted by molar-refractivity contribution is 0.238. The number of anilines is 1. The van der Waals surface area contributed by atoms with Gasteiger partial charge in [-0.25, -0.2) is 4.98 Å². The zero-order valence-corrected chi connectivity index (χ0v) is 12.6. The summed E-state index contributed by atoms with van der Waals surface area (Å²) in [5, 5.41) is 0. The smallest absolute Gasteiger partial charge is 0.123 e. The van der Waals surface area contributed by atoms with Gasteiger partial charge in [-0.05, 0) is 56.8 Å². The van der Waals surface area contributed by atoms with E-state index in [1.54, 1.807) is 6.20 Å². The Bertz CT molecular complexity index is 350. The Hall–Kier alpha value is -1.13. The van der Waals surface area contributed by atoms with Gasteiger partial charge in [-0.2, -0.15) is 0 Å². The largest absolute Gasteiger partial charge is 0.384 e. The molecule has 4 heteroatoms. The van der Waals surface area contributed by atoms with Gasteiger partial charge >= 0.3 is 0 Å². The van der Waals surface area contributed by atoms with Gasteiger partial charge < -0.3 is 10.6 Å². The first-order chi connectivity index (χ1) is 9.19. The first-order valence-corrected chi connectivity index (χ1v) is 7.34. The number of pyridine rings is 1. The molecule has 0 aliphatic heterocycles. The van der Waals surface area contributed by atoms with Crippen molar-refractivity contribution in [3.8, 4) is 0 Å². The van der Waals surface area contributed by atoms with Crippen LogP contribution >= 0.6 is 0 Å². The van der Waals surface area contributed by atoms with Crippen molar-refractivity contribution < 1.29 is 0 Å². The molecule has 0 unspecified atom stereocenters. The van der Waals surface area contributed by atoms with Crippen LogP contribution in [0.25, 0.3) is 0 Å². The van der Waals surface area contributed by atoms with Crippen molar-refractivity contribution in [3.63, 3.8) is 0 Å². The summed E-state index contributed by atoms with van der Waals surface area (Å²) in [6.45, 7) is 13.3. The van der Waals surface area contributed by atoms with Crippen LogP contribution in [-0.2, 0) is 6.54 Å². The number of hydrogen-bond donors (Lipinski definition) is 1. The van der Waals surface area contributed by atoms with Crippen LogP contribution in [0.3, 0.4) is 0 Å². The highest BCUT2D eigenvalue weighted by Crippen LogP contribution is 2.07. The van der Waals surface area contributed by atoms with Crippen LogP contribution in [0.15, 0.2) is 18.3 Å². The highest BCUT2D eigenvalue weighted by molar-refractivity contribution is 5.31. The van der Waals surface area contributed by atoms with Crippen molar-refractivity contribution in [1.82, 2.24) is 14.8 Å². The molecule has 1 aromatic heterocycles. The summed E-state index contributed by atoms with van der Waals surface area (Å²) < 4.78 is 0. The van der Waals surface area contributed by atoms with Crippen LogP contribution in [0.5, 0.6) is 0 Å². The molecule has 0 amide bonds. The lowest BCUT2D eigenvalue weighted by atomic mass is 10.2. The van der Waals surface area contributed by atoms with Crippen LogP contribution in [0.1, 0.15) is 32.8 Å². The van der Waals surface area contributed by atoms with E-state index in [0.29, 0.717) is 5.82 Å². The van der Waals surface area contributed by atoms with Gasteiger partial charge in [0.25, 0.3) is 0 Å². The summed E-state index contributed by atoms with van der Waals surface area (Å²) in [6.07, 6.45) is 3.00. The Morgan fingerprint density at radius 3 is 2.26 bits per heavy atom. The summed E-state index contributed by atoms with van der Waals surface area (Å²) in [6, 6.07) is 4.01. The highest BCUT2D eigenvalue weighted by atomic mass is 15.1. The first-order valence-electron chi connectivity index (χ1n) is 7.34. The first kappa shape index (κ1) is 15.9. The molecule has 0 saturated heterocycles. The maximum Gasteiger partial charge on any atom is 0.123 e. The summed E-state index contributed by atoms with van der Waals surface area (Å²) >= 11 is 0. The quantitative estimate of drug-likeness (QED) is 0.743. The molecular weight excluding hydrogens is 236 g/mol. The topological polar surface area (TPSA) is 45.4 Å². The molecule has 0 bridgehead atoms. The van der Waals surface area contributed by atoms with Gasteiger partial charge in [0, 0.05) is 12.7 Å². The molecule has 0 aliphatic carbocycles. The zero-order chi connectivity index (χ0) is 14.1. The van der Waals surface area contributed by atoms with Crippen LogP contribution < -0.4 is 5.73 Å². The van der Waals surface area contributed by atoms with Crippen LogP contribution in [0.4, 0.5) is 5.82 Å². The summed E-state index contributed by atoms with van der Waals surface area (Å²) in [5.74, 6) is 0.608. The molecule has 108 valence electrons. The predicted molar refractivity (Wildman–Crippen MR) is 82.0 cm³/mol. The monoisotopic (exact) mass is 264 g/mol. The molecule has 2 N–H and O–H groups in total. The fraction of sp³-hybridized carbons (Fsp3) is 0.667. The van der Waals surface area contributed by atoms with E-state index in [0.717, 1.165) is 32.7 Å². The SMILES string of the molecule is CCN(CC)CCCN(CC)Cc1ccnc(N)c1. The number of rotatable bonds is 9. The van der Waals surface area contributed by atoms with E-state index in [1.165, 1.54) is 18.5 Å². The standard InChI is InChI=1S/C15H28N4/c1-4-18(5-2)10-7-11-19(6-3)13-14-8-9-17-15(16)12-14/h8-9,12H,4-7,10-11,13H2,1-3H3,(H2,16,17). The summed E-state index contributed by atoms with van der Waals surface area (Å²) in [4.78, 5) is 8.96. The lowest BCUT2D eigenvalue weighted by Gasteiger charge is -2.23. The molecule has 0 atom stereocenters. The van der Waals surface area contributed by atoms with Crippen molar-refractivity contribution in [2.75, 3.05) is 38.5 Å². The Kier molecular flexibility index (Phi) is 7.45. The van der Waals surface area contributed by atoms with Gasteiger partial charge in [0.2, 0.25) is 0 Å². The molecule has 0 aliphatic rings. The number of nitrogens with two attached hydrogens (primary N) is 1. The molecular formula is C15H28N4. The van der Waals surface area contributed by atoms with Crippen molar-refractivity contribution >= 4 is 5.82 Å². The number of hydrogen-bond acceptors (Lipinski definition) is 4. The van der Waals surface area contributed by atoms with Crippen molar-refractivity contribution in [2.45, 2.75) is 33.7 Å². The molecule has 4 nitrogen and oxygen atoms in total. The third-order valence-electron chi connectivity index (χ3n) is 3.54. The molecule has 0 saturated carbocycles. The predicted octanol–water partition coefficient (Wildman–Crippen LogP) is 2.22. The Morgan fingerprint density at radius 2 is 1.68 bits per heavy atom. The molecule has 0 fully saturated rings. The van der Waals surface area contributed by atoms with E-state index in [1.807, 2.05) is 12.1 Å². The lowest BCUT2D eigenvalue weighted by Crippen LogP contribution is -2.29. The number of nitrogen functional groups attached to an aromatic ring is 1. The van der Waals surface area contributed by atoms with Gasteiger partial charge in [0.1, 0.15) is 5.82 Å². The second kappa shape index (κ2) is 8.88. The van der Waals surface area contributed by atoms with E-state index in [-0.39, 0.29) is 0 Å². The number of nitrogens with zero attached hydrogens (tertiary/aromatic N) is 3. The molecule has 0 spiro atoms. The summed E-state index contributed by atoms with van der Waals surface area (Å²) in [5.41, 5.74) is 6.96.